The third kappa shape index (κ3) is 4.75. The van der Waals surface area contributed by atoms with Gasteiger partial charge in [-0.25, -0.2) is 0 Å². The fraction of sp³-hybridized carbons (Fsp3) is 0.0455. The Morgan fingerprint density at radius 3 is 1.16 bits per heavy atom. The number of fused-ring (bicyclic) bond motifs is 7. The summed E-state index contributed by atoms with van der Waals surface area (Å²) in [6, 6.07) is 49.1. The predicted octanol–water partition coefficient (Wildman–Crippen LogP) is 12.4. The van der Waals surface area contributed by atoms with Crippen molar-refractivity contribution in [2.75, 3.05) is 0 Å². The third-order valence-electron chi connectivity index (χ3n) is 8.90. The van der Waals surface area contributed by atoms with Gasteiger partial charge in [0.2, 0.25) is 0 Å². The highest BCUT2D eigenvalue weighted by molar-refractivity contribution is 6.21. The largest absolute Gasteiger partial charge is 0.0616 e. The van der Waals surface area contributed by atoms with Gasteiger partial charge in [0.1, 0.15) is 0 Å². The van der Waals surface area contributed by atoms with Crippen molar-refractivity contribution in [3.8, 4) is 0 Å². The van der Waals surface area contributed by atoms with Crippen molar-refractivity contribution in [3.63, 3.8) is 0 Å². The van der Waals surface area contributed by atoms with Gasteiger partial charge >= 0.3 is 0 Å². The molecule has 0 atom stereocenters. The molecule has 0 bridgehead atoms. The second kappa shape index (κ2) is 10.7. The van der Waals surface area contributed by atoms with Crippen LogP contribution in [0.2, 0.25) is 0 Å². The summed E-state index contributed by atoms with van der Waals surface area (Å²) in [5.74, 6) is 0. The molecule has 8 aromatic carbocycles. The molecule has 0 nitrogen and oxygen atoms in total. The average Bonchev–Trinajstić information content (AvgIpc) is 3.06. The van der Waals surface area contributed by atoms with E-state index in [1.807, 2.05) is 0 Å². The Morgan fingerprint density at radius 1 is 0.318 bits per heavy atom. The third-order valence-corrected chi connectivity index (χ3v) is 8.90. The van der Waals surface area contributed by atoms with Crippen molar-refractivity contribution < 1.29 is 0 Å². The van der Waals surface area contributed by atoms with Crippen molar-refractivity contribution in [3.05, 3.63) is 167 Å². The molecule has 0 spiro atoms. The summed E-state index contributed by atoms with van der Waals surface area (Å²) in [6.07, 6.45) is 9.05. The van der Waals surface area contributed by atoms with E-state index in [9.17, 15) is 0 Å². The van der Waals surface area contributed by atoms with Crippen LogP contribution in [0.15, 0.2) is 133 Å². The molecule has 0 aliphatic rings. The summed E-state index contributed by atoms with van der Waals surface area (Å²) in [7, 11) is 0. The van der Waals surface area contributed by atoms with E-state index < -0.39 is 0 Å². The minimum atomic E-state index is 1.21. The zero-order valence-corrected chi connectivity index (χ0v) is 25.0. The highest BCUT2D eigenvalue weighted by atomic mass is 14.1. The molecule has 0 fully saturated rings. The predicted molar refractivity (Wildman–Crippen MR) is 194 cm³/mol. The molecule has 0 aliphatic carbocycles. The van der Waals surface area contributed by atoms with Crippen LogP contribution in [0.5, 0.6) is 0 Å². The van der Waals surface area contributed by atoms with Gasteiger partial charge in [-0.1, -0.05) is 145 Å². The standard InChI is InChI=1S/C44H32/c1-29-11-17-35-25-31(13-19-33(35)23-29)15-21-37-27-43-42-10-6-4-8-40(42)38(28-44(43)41-9-5-3-7-39(37)41)22-16-32-14-20-34-24-30(2)12-18-36(34)26-32/h3-28H,1-2H3/b21-15+,22-16+. The molecule has 0 aliphatic heterocycles. The lowest BCUT2D eigenvalue weighted by Crippen LogP contribution is -1.87. The first-order valence-corrected chi connectivity index (χ1v) is 15.3. The Hall–Kier alpha value is -5.46. The van der Waals surface area contributed by atoms with E-state index in [1.54, 1.807) is 0 Å². The van der Waals surface area contributed by atoms with E-state index in [0.717, 1.165) is 0 Å². The Bertz CT molecular complexity index is 2280. The first-order chi connectivity index (χ1) is 21.6. The van der Waals surface area contributed by atoms with Gasteiger partial charge in [0.05, 0.1) is 0 Å². The van der Waals surface area contributed by atoms with Gasteiger partial charge in [-0.3, -0.25) is 0 Å². The van der Waals surface area contributed by atoms with Gasteiger partial charge in [0.25, 0.3) is 0 Å². The van der Waals surface area contributed by atoms with Crippen molar-refractivity contribution >= 4 is 78.2 Å². The molecule has 0 N–H and O–H groups in total. The molecule has 0 aromatic heterocycles. The first kappa shape index (κ1) is 26.2. The maximum atomic E-state index is 2.37. The molecule has 0 heteroatoms. The highest BCUT2D eigenvalue weighted by Crippen LogP contribution is 2.37. The van der Waals surface area contributed by atoms with E-state index in [4.69, 9.17) is 0 Å². The summed E-state index contributed by atoms with van der Waals surface area (Å²) >= 11 is 0. The smallest absolute Gasteiger partial charge is 0.00926 e. The van der Waals surface area contributed by atoms with Crippen LogP contribution in [0.1, 0.15) is 33.4 Å². The Kier molecular flexibility index (Phi) is 6.35. The number of hydrogen-bond donors (Lipinski definition) is 0. The summed E-state index contributed by atoms with van der Waals surface area (Å²) in [5, 5.41) is 12.8. The van der Waals surface area contributed by atoms with Crippen molar-refractivity contribution in [1.29, 1.82) is 0 Å². The maximum Gasteiger partial charge on any atom is -0.00926 e. The zero-order valence-electron chi connectivity index (χ0n) is 25.0. The van der Waals surface area contributed by atoms with Crippen LogP contribution in [-0.2, 0) is 0 Å². The molecule has 8 rings (SSSR count). The van der Waals surface area contributed by atoms with Gasteiger partial charge in [-0.2, -0.15) is 0 Å². The second-order valence-electron chi connectivity index (χ2n) is 12.0. The van der Waals surface area contributed by atoms with Crippen molar-refractivity contribution in [2.24, 2.45) is 0 Å². The van der Waals surface area contributed by atoms with Crippen LogP contribution in [0.3, 0.4) is 0 Å². The average molecular weight is 561 g/mol. The van der Waals surface area contributed by atoms with E-state index in [1.165, 1.54) is 87.2 Å². The molecular weight excluding hydrogens is 528 g/mol. The number of benzene rings is 8. The van der Waals surface area contributed by atoms with E-state index in [2.05, 4.69) is 172 Å². The molecule has 0 amide bonds. The normalized spacial score (nSPS) is 12.1. The van der Waals surface area contributed by atoms with Crippen LogP contribution >= 0.6 is 0 Å². The van der Waals surface area contributed by atoms with Crippen LogP contribution in [0, 0.1) is 13.8 Å². The lowest BCUT2D eigenvalue weighted by molar-refractivity contribution is 1.50. The van der Waals surface area contributed by atoms with Gasteiger partial charge in [0, 0.05) is 0 Å². The van der Waals surface area contributed by atoms with E-state index in [0.29, 0.717) is 0 Å². The molecule has 208 valence electrons. The molecule has 0 unspecified atom stereocenters. The molecule has 0 saturated carbocycles. The summed E-state index contributed by atoms with van der Waals surface area (Å²) < 4.78 is 0. The lowest BCUT2D eigenvalue weighted by Gasteiger charge is -2.13. The van der Waals surface area contributed by atoms with Crippen molar-refractivity contribution in [1.82, 2.24) is 0 Å². The fourth-order valence-electron chi connectivity index (χ4n) is 6.63. The van der Waals surface area contributed by atoms with Crippen LogP contribution in [0.25, 0.3) is 78.2 Å². The highest BCUT2D eigenvalue weighted by Gasteiger charge is 2.11. The minimum absolute atomic E-state index is 1.21. The van der Waals surface area contributed by atoms with Gasteiger partial charge < -0.3 is 0 Å². The molecule has 0 radical (unpaired) electrons. The van der Waals surface area contributed by atoms with Crippen molar-refractivity contribution in [2.45, 2.75) is 13.8 Å². The summed E-state index contributed by atoms with van der Waals surface area (Å²) in [4.78, 5) is 0. The van der Waals surface area contributed by atoms with Gasteiger partial charge in [0.15, 0.2) is 0 Å². The van der Waals surface area contributed by atoms with E-state index >= 15 is 0 Å². The molecule has 44 heavy (non-hydrogen) atoms. The van der Waals surface area contributed by atoms with Gasteiger partial charge in [-0.15, -0.1) is 0 Å². The summed E-state index contributed by atoms with van der Waals surface area (Å²) in [5.41, 5.74) is 7.46. The monoisotopic (exact) mass is 560 g/mol. The molecule has 0 saturated heterocycles. The van der Waals surface area contributed by atoms with Crippen LogP contribution < -0.4 is 0 Å². The van der Waals surface area contributed by atoms with Gasteiger partial charge in [-0.05, 0) is 114 Å². The SMILES string of the molecule is Cc1ccc2cc(/C=C/c3cc4c5ccccc5c(/C=C/c5ccc6cc(C)ccc6c5)cc4c4ccccc34)ccc2c1. The lowest BCUT2D eigenvalue weighted by atomic mass is 9.90. The Labute approximate surface area is 258 Å². The zero-order chi connectivity index (χ0) is 29.6. The Morgan fingerprint density at radius 2 is 0.705 bits per heavy atom. The number of rotatable bonds is 4. The second-order valence-corrected chi connectivity index (χ2v) is 12.0. The molecular formula is C44H32. The Balaban J connectivity index is 1.26. The fourth-order valence-corrected chi connectivity index (χ4v) is 6.63. The number of aryl methyl sites for hydroxylation is 2. The summed E-state index contributed by atoms with van der Waals surface area (Å²) in [6.45, 7) is 4.29. The van der Waals surface area contributed by atoms with Crippen LogP contribution in [-0.4, -0.2) is 0 Å². The quantitative estimate of drug-likeness (QED) is 0.148. The number of hydrogen-bond acceptors (Lipinski definition) is 0. The van der Waals surface area contributed by atoms with Crippen LogP contribution in [0.4, 0.5) is 0 Å². The van der Waals surface area contributed by atoms with E-state index in [-0.39, 0.29) is 0 Å². The maximum absolute atomic E-state index is 2.37. The molecule has 8 aromatic rings. The minimum Gasteiger partial charge on any atom is -0.0616 e. The topological polar surface area (TPSA) is 0 Å². The molecule has 0 heterocycles. The first-order valence-electron chi connectivity index (χ1n) is 15.3.